The lowest BCUT2D eigenvalue weighted by atomic mass is 10.3. The molecule has 2 rings (SSSR count). The van der Waals surface area contributed by atoms with E-state index in [-0.39, 0.29) is 17.6 Å². The Morgan fingerprint density at radius 3 is 2.32 bits per heavy atom. The van der Waals surface area contributed by atoms with E-state index < -0.39 is 0 Å². The van der Waals surface area contributed by atoms with Gasteiger partial charge in [0.05, 0.1) is 5.75 Å². The monoisotopic (exact) mass is 317 g/mol. The number of anilines is 2. The van der Waals surface area contributed by atoms with Crippen LogP contribution in [0, 0.1) is 5.21 Å². The summed E-state index contributed by atoms with van der Waals surface area (Å²) < 4.78 is 0.722. The molecule has 0 radical (unpaired) electrons. The van der Waals surface area contributed by atoms with Crippen LogP contribution >= 0.6 is 11.8 Å². The van der Waals surface area contributed by atoms with Crippen molar-refractivity contribution in [1.29, 1.82) is 0 Å². The Bertz CT molecular complexity index is 674. The van der Waals surface area contributed by atoms with Gasteiger partial charge in [-0.05, 0) is 42.1 Å². The highest BCUT2D eigenvalue weighted by Crippen LogP contribution is 2.16. The van der Waals surface area contributed by atoms with Crippen molar-refractivity contribution < 1.29 is 14.3 Å². The van der Waals surface area contributed by atoms with Gasteiger partial charge in [0.25, 0.3) is 5.03 Å². The average molecular weight is 317 g/mol. The van der Waals surface area contributed by atoms with Crippen LogP contribution in [0.5, 0.6) is 0 Å². The molecular formula is C15H15N3O3S. The first-order valence-corrected chi connectivity index (χ1v) is 7.51. The summed E-state index contributed by atoms with van der Waals surface area (Å²) in [6.07, 6.45) is 1.39. The summed E-state index contributed by atoms with van der Waals surface area (Å²) in [6, 6.07) is 11.8. The standard InChI is InChI=1S/C15H15N3O3S/c1-11(19)16-12-5-7-13(8-6-12)17-14(20)10-22-15-4-2-3-9-18(15)21/h2-9H,10H2,1H3,(H,16,19)(H,17,20). The second-order valence-corrected chi connectivity index (χ2v) is 5.46. The van der Waals surface area contributed by atoms with Crippen LogP contribution in [0.3, 0.4) is 0 Å². The highest BCUT2D eigenvalue weighted by Gasteiger charge is 2.09. The van der Waals surface area contributed by atoms with Gasteiger partial charge in [-0.1, -0.05) is 0 Å². The number of benzene rings is 1. The van der Waals surface area contributed by atoms with Crippen molar-refractivity contribution in [2.24, 2.45) is 0 Å². The fourth-order valence-corrected chi connectivity index (χ4v) is 2.42. The minimum Gasteiger partial charge on any atom is -0.618 e. The molecule has 2 N–H and O–H groups in total. The second kappa shape index (κ2) is 7.46. The minimum absolute atomic E-state index is 0.139. The van der Waals surface area contributed by atoms with Gasteiger partial charge in [0.1, 0.15) is 0 Å². The van der Waals surface area contributed by atoms with Gasteiger partial charge in [-0.15, -0.1) is 0 Å². The van der Waals surface area contributed by atoms with Crippen molar-refractivity contribution in [3.63, 3.8) is 0 Å². The molecule has 0 aliphatic rings. The molecule has 0 fully saturated rings. The number of carbonyl (C=O) groups excluding carboxylic acids is 2. The maximum absolute atomic E-state index is 11.8. The normalized spacial score (nSPS) is 10.0. The Morgan fingerprint density at radius 1 is 1.09 bits per heavy atom. The summed E-state index contributed by atoms with van der Waals surface area (Å²) in [5.74, 6) is -0.220. The Kier molecular flexibility index (Phi) is 5.37. The Balaban J connectivity index is 1.87. The van der Waals surface area contributed by atoms with Crippen LogP contribution in [-0.2, 0) is 9.59 Å². The number of hydrogen-bond acceptors (Lipinski definition) is 4. The Hall–Kier alpha value is -2.54. The predicted octanol–water partition coefficient (Wildman–Crippen LogP) is 2.01. The van der Waals surface area contributed by atoms with Crippen molar-refractivity contribution in [2.75, 3.05) is 16.4 Å². The van der Waals surface area contributed by atoms with Gasteiger partial charge in [-0.3, -0.25) is 9.59 Å². The number of carbonyl (C=O) groups is 2. The molecule has 0 spiro atoms. The van der Waals surface area contributed by atoms with E-state index in [2.05, 4.69) is 10.6 Å². The number of rotatable bonds is 5. The molecule has 6 nitrogen and oxygen atoms in total. The van der Waals surface area contributed by atoms with Crippen LogP contribution in [0.15, 0.2) is 53.7 Å². The third-order valence-electron chi connectivity index (χ3n) is 2.63. The number of hydrogen-bond donors (Lipinski definition) is 2. The zero-order chi connectivity index (χ0) is 15.9. The summed E-state index contributed by atoms with van der Waals surface area (Å²) in [5, 5.41) is 17.3. The van der Waals surface area contributed by atoms with Crippen LogP contribution in [0.1, 0.15) is 6.92 Å². The van der Waals surface area contributed by atoms with Gasteiger partial charge < -0.3 is 15.8 Å². The molecule has 0 atom stereocenters. The van der Waals surface area contributed by atoms with Gasteiger partial charge in [-0.2, -0.15) is 4.73 Å². The number of nitrogens with zero attached hydrogens (tertiary/aromatic N) is 1. The van der Waals surface area contributed by atoms with Crippen molar-refractivity contribution in [3.05, 3.63) is 53.9 Å². The summed E-state index contributed by atoms with van der Waals surface area (Å²) in [4.78, 5) is 22.8. The number of aromatic nitrogens is 1. The summed E-state index contributed by atoms with van der Waals surface area (Å²) in [6.45, 7) is 1.43. The molecule has 1 aromatic heterocycles. The van der Waals surface area contributed by atoms with Crippen LogP contribution in [0.25, 0.3) is 0 Å². The van der Waals surface area contributed by atoms with Gasteiger partial charge in [0, 0.05) is 30.4 Å². The molecule has 0 aliphatic heterocycles. The summed E-state index contributed by atoms with van der Waals surface area (Å²) in [5.41, 5.74) is 1.29. The molecule has 7 heteroatoms. The summed E-state index contributed by atoms with van der Waals surface area (Å²) in [7, 11) is 0. The van der Waals surface area contributed by atoms with E-state index in [0.29, 0.717) is 16.4 Å². The van der Waals surface area contributed by atoms with Crippen molar-refractivity contribution in [1.82, 2.24) is 0 Å². The molecule has 1 heterocycles. The van der Waals surface area contributed by atoms with Gasteiger partial charge in [-0.25, -0.2) is 0 Å². The van der Waals surface area contributed by atoms with Crippen LogP contribution in [0.2, 0.25) is 0 Å². The van der Waals surface area contributed by atoms with Crippen LogP contribution < -0.4 is 15.4 Å². The maximum Gasteiger partial charge on any atom is 0.251 e. The average Bonchev–Trinajstić information content (AvgIpc) is 2.48. The van der Waals surface area contributed by atoms with Crippen LogP contribution in [-0.4, -0.2) is 17.6 Å². The molecule has 0 saturated carbocycles. The quantitative estimate of drug-likeness (QED) is 0.502. The molecule has 22 heavy (non-hydrogen) atoms. The molecule has 2 amide bonds. The number of amides is 2. The van der Waals surface area contributed by atoms with E-state index in [0.717, 1.165) is 4.73 Å². The topological polar surface area (TPSA) is 85.1 Å². The largest absolute Gasteiger partial charge is 0.618 e. The molecule has 114 valence electrons. The number of nitrogens with one attached hydrogen (secondary N) is 2. The van der Waals surface area contributed by atoms with Gasteiger partial charge >= 0.3 is 0 Å². The Morgan fingerprint density at radius 2 is 1.73 bits per heavy atom. The van der Waals surface area contributed by atoms with Crippen LogP contribution in [0.4, 0.5) is 11.4 Å². The highest BCUT2D eigenvalue weighted by molar-refractivity contribution is 7.99. The lowest BCUT2D eigenvalue weighted by Gasteiger charge is -2.07. The Labute approximate surface area is 132 Å². The molecule has 1 aromatic carbocycles. The molecule has 2 aromatic rings. The second-order valence-electron chi connectivity index (χ2n) is 4.46. The van der Waals surface area contributed by atoms with Crippen molar-refractivity contribution in [2.45, 2.75) is 11.9 Å². The smallest absolute Gasteiger partial charge is 0.251 e. The number of pyridine rings is 1. The van der Waals surface area contributed by atoms with Gasteiger partial charge in [0.15, 0.2) is 6.20 Å². The predicted molar refractivity (Wildman–Crippen MR) is 85.5 cm³/mol. The first-order chi connectivity index (χ1) is 10.5. The van der Waals surface area contributed by atoms with E-state index in [9.17, 15) is 14.8 Å². The first-order valence-electron chi connectivity index (χ1n) is 6.53. The molecule has 0 unspecified atom stereocenters. The third kappa shape index (κ3) is 4.78. The van der Waals surface area contributed by atoms with E-state index in [1.54, 1.807) is 42.5 Å². The SMILES string of the molecule is CC(=O)Nc1ccc(NC(=O)CSc2cccc[n+]2[O-])cc1. The summed E-state index contributed by atoms with van der Waals surface area (Å²) >= 11 is 1.17. The molecule has 0 bridgehead atoms. The minimum atomic E-state index is -0.207. The van der Waals surface area contributed by atoms with E-state index in [4.69, 9.17) is 0 Å². The third-order valence-corrected chi connectivity index (χ3v) is 3.65. The van der Waals surface area contributed by atoms with E-state index in [1.165, 1.54) is 24.9 Å². The zero-order valence-corrected chi connectivity index (χ0v) is 12.7. The molecular weight excluding hydrogens is 302 g/mol. The number of thioether (sulfide) groups is 1. The lowest BCUT2D eigenvalue weighted by molar-refractivity contribution is -0.645. The van der Waals surface area contributed by atoms with E-state index >= 15 is 0 Å². The van der Waals surface area contributed by atoms with Crippen molar-refractivity contribution in [3.8, 4) is 0 Å². The maximum atomic E-state index is 11.8. The first kappa shape index (κ1) is 15.8. The lowest BCUT2D eigenvalue weighted by Crippen LogP contribution is -2.28. The molecule has 0 aliphatic carbocycles. The van der Waals surface area contributed by atoms with Gasteiger partial charge in [0.2, 0.25) is 11.8 Å². The highest BCUT2D eigenvalue weighted by atomic mass is 32.2. The fourth-order valence-electron chi connectivity index (χ4n) is 1.70. The zero-order valence-electron chi connectivity index (χ0n) is 11.9. The van der Waals surface area contributed by atoms with E-state index in [1.807, 2.05) is 0 Å². The molecule has 0 saturated heterocycles. The van der Waals surface area contributed by atoms with Crippen molar-refractivity contribution >= 4 is 35.0 Å². The fraction of sp³-hybridized carbons (Fsp3) is 0.133.